The van der Waals surface area contributed by atoms with Crippen LogP contribution in [0.1, 0.15) is 48.9 Å². The van der Waals surface area contributed by atoms with Gasteiger partial charge in [-0.15, -0.1) is 8.78 Å². The number of carbonyl (C=O) groups is 2. The lowest BCUT2D eigenvalue weighted by Crippen LogP contribution is -2.47. The number of hydrogen-bond donors (Lipinski definition) is 2. The molecule has 0 saturated heterocycles. The number of hydrogen-bond acceptors (Lipinski definition) is 10. The van der Waals surface area contributed by atoms with Crippen molar-refractivity contribution in [3.63, 3.8) is 0 Å². The van der Waals surface area contributed by atoms with Gasteiger partial charge in [-0.1, -0.05) is 13.8 Å². The predicted octanol–water partition coefficient (Wildman–Crippen LogP) is 2.45. The summed E-state index contributed by atoms with van der Waals surface area (Å²) in [7, 11) is 0. The predicted molar refractivity (Wildman–Crippen MR) is 132 cm³/mol. The van der Waals surface area contributed by atoms with Crippen molar-refractivity contribution in [2.24, 2.45) is 5.73 Å². The van der Waals surface area contributed by atoms with Gasteiger partial charge in [0, 0.05) is 29.1 Å². The zero-order chi connectivity index (χ0) is 27.9. The SMILES string of the molecule is CCc1c2c(nc3cc4c(c(N)c13)OC(F)(F)O4)-c1cc3c(c(=O)n1C2)COC(=O)C3(CC)OC(=O)CCN. The quantitative estimate of drug-likeness (QED) is 0.283. The molecule has 3 aromatic rings. The molecular formula is C26H24F2N4O7. The minimum atomic E-state index is -3.86. The molecule has 6 rings (SSSR count). The van der Waals surface area contributed by atoms with Crippen LogP contribution in [0.3, 0.4) is 0 Å². The standard InChI is InChI=1S/C26H24F2N4O7/c1-3-11-12-9-32-16(21(12)31-15-8-17-22(20(30)19(11)15)39-26(27,28)37-17)7-14-13(23(32)34)10-36-24(35)25(14,4-2)38-18(33)5-6-29/h7-8H,3-6,9-10,29-30H2,1-2H3. The van der Waals surface area contributed by atoms with Crippen molar-refractivity contribution in [3.05, 3.63) is 44.7 Å². The van der Waals surface area contributed by atoms with Gasteiger partial charge in [-0.2, -0.15) is 0 Å². The van der Waals surface area contributed by atoms with Crippen LogP contribution in [-0.2, 0) is 44.2 Å². The van der Waals surface area contributed by atoms with Gasteiger partial charge in [0.05, 0.1) is 41.1 Å². The fourth-order valence-electron chi connectivity index (χ4n) is 5.69. The molecule has 0 bridgehead atoms. The summed E-state index contributed by atoms with van der Waals surface area (Å²) in [6.45, 7) is 3.39. The van der Waals surface area contributed by atoms with Crippen molar-refractivity contribution in [3.8, 4) is 22.9 Å². The van der Waals surface area contributed by atoms with E-state index in [0.29, 0.717) is 34.3 Å². The fraction of sp³-hybridized carbons (Fsp3) is 0.385. The first-order valence-corrected chi connectivity index (χ1v) is 12.5. The summed E-state index contributed by atoms with van der Waals surface area (Å²) in [5.41, 5.74) is 12.4. The minimum absolute atomic E-state index is 0.0183. The van der Waals surface area contributed by atoms with Crippen molar-refractivity contribution in [1.29, 1.82) is 0 Å². The molecule has 0 amide bonds. The van der Waals surface area contributed by atoms with Gasteiger partial charge in [0.2, 0.25) is 5.60 Å². The normalized spacial score (nSPS) is 19.9. The highest BCUT2D eigenvalue weighted by Crippen LogP contribution is 2.50. The lowest BCUT2D eigenvalue weighted by atomic mass is 9.85. The third-order valence-corrected chi connectivity index (χ3v) is 7.46. The van der Waals surface area contributed by atoms with Crippen LogP contribution in [0.15, 0.2) is 16.9 Å². The molecule has 5 heterocycles. The van der Waals surface area contributed by atoms with E-state index in [2.05, 4.69) is 9.47 Å². The molecule has 1 unspecified atom stereocenters. The first-order valence-electron chi connectivity index (χ1n) is 12.5. The smallest absolute Gasteiger partial charge is 0.457 e. The molecule has 13 heteroatoms. The Morgan fingerprint density at radius 2 is 1.97 bits per heavy atom. The summed E-state index contributed by atoms with van der Waals surface area (Å²) < 4.78 is 49.3. The number of rotatable bonds is 5. The summed E-state index contributed by atoms with van der Waals surface area (Å²) in [6.07, 6.45) is -3.52. The number of nitrogens with zero attached hydrogens (tertiary/aromatic N) is 2. The Hall–Kier alpha value is -4.26. The average Bonchev–Trinajstić information content (AvgIpc) is 3.41. The monoisotopic (exact) mass is 542 g/mol. The highest BCUT2D eigenvalue weighted by atomic mass is 19.3. The van der Waals surface area contributed by atoms with Gasteiger partial charge < -0.3 is 35.0 Å². The van der Waals surface area contributed by atoms with Crippen LogP contribution in [0, 0.1) is 0 Å². The highest BCUT2D eigenvalue weighted by molar-refractivity contribution is 6.01. The topological polar surface area (TPSA) is 158 Å². The number of pyridine rings is 2. The number of benzene rings is 1. The molecule has 1 atom stereocenters. The van der Waals surface area contributed by atoms with Crippen LogP contribution in [0.4, 0.5) is 14.5 Å². The molecule has 2 aromatic heterocycles. The average molecular weight is 542 g/mol. The molecule has 3 aliphatic rings. The molecule has 11 nitrogen and oxygen atoms in total. The van der Waals surface area contributed by atoms with E-state index in [1.807, 2.05) is 6.92 Å². The summed E-state index contributed by atoms with van der Waals surface area (Å²) in [5, 5.41) is 0.430. The third-order valence-electron chi connectivity index (χ3n) is 7.46. The van der Waals surface area contributed by atoms with Crippen LogP contribution >= 0.6 is 0 Å². The van der Waals surface area contributed by atoms with Gasteiger partial charge in [0.1, 0.15) is 6.61 Å². The van der Waals surface area contributed by atoms with E-state index in [9.17, 15) is 23.2 Å². The maximum atomic E-state index is 13.8. The van der Waals surface area contributed by atoms with Gasteiger partial charge in [0.15, 0.2) is 11.5 Å². The van der Waals surface area contributed by atoms with Crippen LogP contribution in [0.2, 0.25) is 0 Å². The molecular weight excluding hydrogens is 518 g/mol. The first-order chi connectivity index (χ1) is 18.5. The second-order valence-corrected chi connectivity index (χ2v) is 9.53. The second-order valence-electron chi connectivity index (χ2n) is 9.53. The molecule has 4 N–H and O–H groups in total. The summed E-state index contributed by atoms with van der Waals surface area (Å²) in [4.78, 5) is 43.9. The van der Waals surface area contributed by atoms with Crippen LogP contribution in [0.5, 0.6) is 11.5 Å². The molecule has 0 radical (unpaired) electrons. The first kappa shape index (κ1) is 25.0. The second kappa shape index (κ2) is 8.37. The van der Waals surface area contributed by atoms with E-state index >= 15 is 0 Å². The Bertz CT molecular complexity index is 1670. The van der Waals surface area contributed by atoms with Crippen molar-refractivity contribution in [2.75, 3.05) is 12.3 Å². The number of cyclic esters (lactones) is 1. The Kier molecular flexibility index (Phi) is 5.37. The van der Waals surface area contributed by atoms with Gasteiger partial charge in [-0.3, -0.25) is 9.59 Å². The van der Waals surface area contributed by atoms with Gasteiger partial charge in [-0.25, -0.2) is 9.78 Å². The Morgan fingerprint density at radius 3 is 2.67 bits per heavy atom. The number of nitrogens with two attached hydrogens (primary N) is 2. The summed E-state index contributed by atoms with van der Waals surface area (Å²) in [5.74, 6) is -2.01. The van der Waals surface area contributed by atoms with Gasteiger partial charge in [-0.05, 0) is 24.5 Å². The molecule has 3 aliphatic heterocycles. The van der Waals surface area contributed by atoms with Crippen LogP contribution in [0.25, 0.3) is 22.3 Å². The van der Waals surface area contributed by atoms with Crippen LogP contribution in [-0.4, -0.2) is 34.3 Å². The van der Waals surface area contributed by atoms with E-state index in [4.69, 9.17) is 25.9 Å². The number of fused-ring (bicyclic) bond motifs is 6. The van der Waals surface area contributed by atoms with Crippen molar-refractivity contribution >= 4 is 28.5 Å². The highest BCUT2D eigenvalue weighted by Gasteiger charge is 2.50. The fourth-order valence-corrected chi connectivity index (χ4v) is 5.69. The largest absolute Gasteiger partial charge is 0.586 e. The van der Waals surface area contributed by atoms with E-state index in [1.165, 1.54) is 10.6 Å². The summed E-state index contributed by atoms with van der Waals surface area (Å²) >= 11 is 0. The number of carbonyl (C=O) groups excluding carboxylic acids is 2. The zero-order valence-electron chi connectivity index (χ0n) is 21.1. The molecule has 1 aromatic carbocycles. The number of ether oxygens (including phenoxy) is 4. The number of nitrogen functional groups attached to an aromatic ring is 1. The Labute approximate surface area is 219 Å². The van der Waals surface area contributed by atoms with E-state index in [-0.39, 0.29) is 66.4 Å². The molecule has 204 valence electrons. The van der Waals surface area contributed by atoms with Crippen molar-refractivity contribution < 1.29 is 37.3 Å². The van der Waals surface area contributed by atoms with E-state index in [0.717, 1.165) is 0 Å². The maximum Gasteiger partial charge on any atom is 0.586 e. The zero-order valence-corrected chi connectivity index (χ0v) is 21.1. The Morgan fingerprint density at radius 1 is 1.21 bits per heavy atom. The maximum absolute atomic E-state index is 13.8. The lowest BCUT2D eigenvalue weighted by Gasteiger charge is -2.35. The minimum Gasteiger partial charge on any atom is -0.457 e. The van der Waals surface area contributed by atoms with E-state index < -0.39 is 29.4 Å². The van der Waals surface area contributed by atoms with Gasteiger partial charge >= 0.3 is 18.2 Å². The molecule has 0 saturated carbocycles. The number of alkyl halides is 2. The third kappa shape index (κ3) is 3.42. The van der Waals surface area contributed by atoms with Crippen molar-refractivity contribution in [2.45, 2.75) is 58.2 Å². The number of aryl methyl sites for hydroxylation is 1. The number of aromatic nitrogens is 2. The molecule has 0 spiro atoms. The number of halogens is 2. The molecule has 0 fully saturated rings. The van der Waals surface area contributed by atoms with Gasteiger partial charge in [0.25, 0.3) is 5.56 Å². The Balaban J connectivity index is 1.59. The molecule has 0 aliphatic carbocycles. The summed E-state index contributed by atoms with van der Waals surface area (Å²) in [6, 6.07) is 2.94. The van der Waals surface area contributed by atoms with E-state index in [1.54, 1.807) is 13.0 Å². The number of anilines is 1. The lowest BCUT2D eigenvalue weighted by molar-refractivity contribution is -0.286. The van der Waals surface area contributed by atoms with Crippen LogP contribution < -0.4 is 26.5 Å². The van der Waals surface area contributed by atoms with Crippen molar-refractivity contribution in [1.82, 2.24) is 9.55 Å². The number of esters is 2. The molecule has 39 heavy (non-hydrogen) atoms.